The molecular weight excluding hydrogens is 788 g/mol. The number of aromatic nitrogens is 4. The topological polar surface area (TPSA) is 72.6 Å². The highest BCUT2D eigenvalue weighted by atomic mass is 19.1. The van der Waals surface area contributed by atoms with E-state index in [9.17, 15) is 4.39 Å². The Morgan fingerprint density at radius 3 is 1.86 bits per heavy atom. The molecule has 1 aliphatic rings. The molecule has 2 aromatic heterocycles. The standard InChI is InChI=1S/C32H36FN3.C25H25N3/c1-36(31(26-12-6-3-7-13-26)20-15-24-9-4-2-5-10-24)23-25-11-8-14-28(21-25)30-22-34-32(35-30)27-16-18-29(33)19-17-27;1-19-10-12-20(13-11-19)14-15-26-17-21-6-5-9-23(16-21)24-18-27-25(28-24)22-7-3-2-4-8-22/h3,6-8,11-14,16-19,21-22,24,31H,2,4-5,9-10,15,20,23H2,1H3,(H,34,35);2-13,16,18,26H,14-15,17H2,1H3,(H,27,28). The van der Waals surface area contributed by atoms with Crippen LogP contribution in [0.15, 0.2) is 170 Å². The largest absolute Gasteiger partial charge is 0.338 e. The first-order valence-corrected chi connectivity index (χ1v) is 23.0. The van der Waals surface area contributed by atoms with Crippen molar-refractivity contribution in [2.24, 2.45) is 5.92 Å². The zero-order chi connectivity index (χ0) is 43.9. The van der Waals surface area contributed by atoms with E-state index >= 15 is 0 Å². The lowest BCUT2D eigenvalue weighted by molar-refractivity contribution is 0.203. The molecule has 0 saturated heterocycles. The maximum atomic E-state index is 13.3. The maximum Gasteiger partial charge on any atom is 0.137 e. The Bertz CT molecular complexity index is 2610. The third-order valence-corrected chi connectivity index (χ3v) is 12.6. The summed E-state index contributed by atoms with van der Waals surface area (Å²) >= 11 is 0. The van der Waals surface area contributed by atoms with Crippen LogP contribution in [-0.4, -0.2) is 38.4 Å². The second-order valence-corrected chi connectivity index (χ2v) is 17.4. The molecule has 0 spiro atoms. The first kappa shape index (κ1) is 44.2. The fraction of sp³-hybridized carbons (Fsp3) is 0.263. The molecule has 0 radical (unpaired) electrons. The fourth-order valence-corrected chi connectivity index (χ4v) is 8.92. The van der Waals surface area contributed by atoms with Crippen LogP contribution in [0.4, 0.5) is 4.39 Å². The van der Waals surface area contributed by atoms with Gasteiger partial charge in [-0.3, -0.25) is 4.90 Å². The van der Waals surface area contributed by atoms with Gasteiger partial charge in [-0.1, -0.05) is 159 Å². The van der Waals surface area contributed by atoms with Crippen molar-refractivity contribution in [1.82, 2.24) is 30.2 Å². The van der Waals surface area contributed by atoms with Crippen LogP contribution >= 0.6 is 0 Å². The van der Waals surface area contributed by atoms with E-state index in [1.807, 2.05) is 30.6 Å². The maximum absolute atomic E-state index is 13.3. The molecule has 6 aromatic carbocycles. The van der Waals surface area contributed by atoms with Crippen LogP contribution in [0.2, 0.25) is 0 Å². The highest BCUT2D eigenvalue weighted by Crippen LogP contribution is 2.34. The third-order valence-electron chi connectivity index (χ3n) is 12.6. The van der Waals surface area contributed by atoms with E-state index < -0.39 is 0 Å². The van der Waals surface area contributed by atoms with Crippen molar-refractivity contribution in [3.8, 4) is 45.3 Å². The van der Waals surface area contributed by atoms with Crippen LogP contribution in [0.3, 0.4) is 0 Å². The van der Waals surface area contributed by atoms with Crippen molar-refractivity contribution in [3.63, 3.8) is 0 Å². The molecule has 1 saturated carbocycles. The molecule has 1 atom stereocenters. The molecule has 0 aliphatic heterocycles. The number of imidazole rings is 2. The van der Waals surface area contributed by atoms with Gasteiger partial charge in [-0.15, -0.1) is 0 Å². The number of rotatable bonds is 16. The molecule has 2 heterocycles. The Balaban J connectivity index is 0.000000181. The Hall–Kier alpha value is -6.41. The summed E-state index contributed by atoms with van der Waals surface area (Å²) in [5, 5.41) is 3.55. The smallest absolute Gasteiger partial charge is 0.137 e. The summed E-state index contributed by atoms with van der Waals surface area (Å²) in [5.41, 5.74) is 12.9. The van der Waals surface area contributed by atoms with Crippen molar-refractivity contribution in [1.29, 1.82) is 0 Å². The predicted molar refractivity (Wildman–Crippen MR) is 262 cm³/mol. The van der Waals surface area contributed by atoms with Gasteiger partial charge in [0.2, 0.25) is 0 Å². The Morgan fingerprint density at radius 1 is 0.625 bits per heavy atom. The lowest BCUT2D eigenvalue weighted by Crippen LogP contribution is -2.25. The summed E-state index contributed by atoms with van der Waals surface area (Å²) in [6.07, 6.45) is 14.3. The predicted octanol–water partition coefficient (Wildman–Crippen LogP) is 13.8. The van der Waals surface area contributed by atoms with Crippen LogP contribution < -0.4 is 5.32 Å². The van der Waals surface area contributed by atoms with Crippen LogP contribution in [0, 0.1) is 18.7 Å². The van der Waals surface area contributed by atoms with Crippen LogP contribution in [0.5, 0.6) is 0 Å². The van der Waals surface area contributed by atoms with Crippen molar-refractivity contribution >= 4 is 0 Å². The number of H-pyrrole nitrogens is 2. The van der Waals surface area contributed by atoms with Gasteiger partial charge in [-0.2, -0.15) is 0 Å². The number of aryl methyl sites for hydroxylation is 1. The SMILES string of the molecule is CN(Cc1cccc(-c2cnc(-c3ccc(F)cc3)[nH]2)c1)C(CCC1CCCCC1)c1ccccc1.Cc1ccc(CCNCc2cccc(-c3cnc(-c4ccccc4)[nH]3)c2)cc1. The Morgan fingerprint density at radius 2 is 1.20 bits per heavy atom. The molecule has 6 nitrogen and oxygen atoms in total. The summed E-state index contributed by atoms with van der Waals surface area (Å²) in [4.78, 5) is 18.4. The van der Waals surface area contributed by atoms with E-state index in [2.05, 4.69) is 159 Å². The summed E-state index contributed by atoms with van der Waals surface area (Å²) in [7, 11) is 2.26. The second-order valence-electron chi connectivity index (χ2n) is 17.4. The minimum Gasteiger partial charge on any atom is -0.338 e. The molecule has 3 N–H and O–H groups in total. The number of benzene rings is 6. The Kier molecular flexibility index (Phi) is 15.4. The first-order valence-electron chi connectivity index (χ1n) is 23.0. The average Bonchev–Trinajstić information content (AvgIpc) is 4.05. The zero-order valence-corrected chi connectivity index (χ0v) is 37.3. The van der Waals surface area contributed by atoms with Gasteiger partial charge in [-0.25, -0.2) is 14.4 Å². The highest BCUT2D eigenvalue weighted by molar-refractivity contribution is 5.66. The molecule has 64 heavy (non-hydrogen) atoms. The molecule has 9 rings (SSSR count). The van der Waals surface area contributed by atoms with Crippen LogP contribution in [-0.2, 0) is 19.5 Å². The molecule has 8 aromatic rings. The normalized spacial score (nSPS) is 13.4. The lowest BCUT2D eigenvalue weighted by atomic mass is 9.84. The molecule has 1 unspecified atom stereocenters. The number of halogens is 1. The van der Waals surface area contributed by atoms with Crippen molar-refractivity contribution in [2.75, 3.05) is 13.6 Å². The van der Waals surface area contributed by atoms with Gasteiger partial charge >= 0.3 is 0 Å². The summed E-state index contributed by atoms with van der Waals surface area (Å²) in [6.45, 7) is 4.84. The van der Waals surface area contributed by atoms with Gasteiger partial charge in [0, 0.05) is 30.3 Å². The molecule has 7 heteroatoms. The molecular formula is C57H61FN6. The quantitative estimate of drug-likeness (QED) is 0.0847. The zero-order valence-electron chi connectivity index (χ0n) is 37.3. The van der Waals surface area contributed by atoms with Gasteiger partial charge in [0.05, 0.1) is 23.8 Å². The van der Waals surface area contributed by atoms with E-state index in [4.69, 9.17) is 0 Å². The van der Waals surface area contributed by atoms with E-state index in [-0.39, 0.29) is 5.82 Å². The second kappa shape index (κ2) is 22.3. The van der Waals surface area contributed by atoms with Gasteiger partial charge in [0.25, 0.3) is 0 Å². The number of nitrogens with zero attached hydrogens (tertiary/aromatic N) is 3. The highest BCUT2D eigenvalue weighted by Gasteiger charge is 2.21. The summed E-state index contributed by atoms with van der Waals surface area (Å²) in [6, 6.07) is 54.1. The minimum atomic E-state index is -0.241. The molecule has 0 amide bonds. The summed E-state index contributed by atoms with van der Waals surface area (Å²) in [5.74, 6) is 2.30. The van der Waals surface area contributed by atoms with E-state index in [1.54, 1.807) is 12.1 Å². The number of hydrogen-bond acceptors (Lipinski definition) is 4. The number of nitrogens with one attached hydrogen (secondary N) is 3. The van der Waals surface area contributed by atoms with E-state index in [0.717, 1.165) is 77.3 Å². The monoisotopic (exact) mass is 848 g/mol. The van der Waals surface area contributed by atoms with Crippen LogP contribution in [0.25, 0.3) is 45.3 Å². The Labute approximate surface area is 379 Å². The van der Waals surface area contributed by atoms with E-state index in [0.29, 0.717) is 6.04 Å². The lowest BCUT2D eigenvalue weighted by Gasteiger charge is -2.31. The molecule has 1 fully saturated rings. The fourth-order valence-electron chi connectivity index (χ4n) is 8.92. The number of aromatic amines is 2. The van der Waals surface area contributed by atoms with Gasteiger partial charge < -0.3 is 15.3 Å². The molecule has 326 valence electrons. The van der Waals surface area contributed by atoms with Crippen LogP contribution in [0.1, 0.15) is 78.8 Å². The van der Waals surface area contributed by atoms with Crippen molar-refractivity contribution in [3.05, 3.63) is 204 Å². The van der Waals surface area contributed by atoms with Gasteiger partial charge in [-0.05, 0) is 115 Å². The average molecular weight is 849 g/mol. The molecule has 0 bridgehead atoms. The summed E-state index contributed by atoms with van der Waals surface area (Å²) < 4.78 is 13.3. The number of hydrogen-bond donors (Lipinski definition) is 3. The minimum absolute atomic E-state index is 0.241. The molecule has 1 aliphatic carbocycles. The van der Waals surface area contributed by atoms with E-state index in [1.165, 1.54) is 84.9 Å². The first-order chi connectivity index (χ1) is 31.4. The van der Waals surface area contributed by atoms with Crippen molar-refractivity contribution in [2.45, 2.75) is 77.4 Å². The van der Waals surface area contributed by atoms with Crippen molar-refractivity contribution < 1.29 is 4.39 Å². The third kappa shape index (κ3) is 12.4. The van der Waals surface area contributed by atoms with Gasteiger partial charge in [0.1, 0.15) is 17.5 Å². The van der Waals surface area contributed by atoms with Gasteiger partial charge in [0.15, 0.2) is 0 Å².